The summed E-state index contributed by atoms with van der Waals surface area (Å²) in [5.74, 6) is 0.00780. The zero-order valence-corrected chi connectivity index (χ0v) is 16.3. The highest BCUT2D eigenvalue weighted by Gasteiger charge is 2.34. The SMILES string of the molecule is CCCCC(=O)Nc1ccc(C2SCC(=O)N2c2ccc(C)c(F)c2)cc1. The first kappa shape index (κ1) is 19.4. The minimum absolute atomic E-state index is 0.00627. The Labute approximate surface area is 163 Å². The van der Waals surface area contributed by atoms with E-state index in [-0.39, 0.29) is 23.0 Å². The molecule has 0 aromatic heterocycles. The van der Waals surface area contributed by atoms with Gasteiger partial charge >= 0.3 is 0 Å². The lowest BCUT2D eigenvalue weighted by atomic mass is 10.1. The number of anilines is 2. The lowest BCUT2D eigenvalue weighted by Gasteiger charge is -2.25. The van der Waals surface area contributed by atoms with Crippen LogP contribution in [0, 0.1) is 12.7 Å². The zero-order chi connectivity index (χ0) is 19.4. The fraction of sp³-hybridized carbons (Fsp3) is 0.333. The molecular weight excluding hydrogens is 363 g/mol. The normalized spacial score (nSPS) is 16.6. The van der Waals surface area contributed by atoms with Crippen molar-refractivity contribution >= 4 is 35.0 Å². The van der Waals surface area contributed by atoms with Gasteiger partial charge in [0.05, 0.1) is 5.75 Å². The molecule has 1 aliphatic heterocycles. The van der Waals surface area contributed by atoms with E-state index in [0.717, 1.165) is 24.1 Å². The monoisotopic (exact) mass is 386 g/mol. The standard InChI is InChI=1S/C21H23FN2O2S/c1-3-4-5-19(25)23-16-9-7-15(8-10-16)21-24(20(26)13-27-21)17-11-6-14(2)18(22)12-17/h6-12,21H,3-5,13H2,1-2H3,(H,23,25). The third kappa shape index (κ3) is 4.50. The molecule has 2 aromatic rings. The first-order valence-electron chi connectivity index (χ1n) is 9.09. The van der Waals surface area contributed by atoms with Crippen LogP contribution in [0.3, 0.4) is 0 Å². The van der Waals surface area contributed by atoms with Crippen LogP contribution in [-0.2, 0) is 9.59 Å². The van der Waals surface area contributed by atoms with Gasteiger partial charge in [0.2, 0.25) is 11.8 Å². The number of hydrogen-bond donors (Lipinski definition) is 1. The first-order chi connectivity index (χ1) is 13.0. The maximum atomic E-state index is 14.0. The molecule has 1 heterocycles. The van der Waals surface area contributed by atoms with Crippen molar-refractivity contribution in [1.29, 1.82) is 0 Å². The predicted molar refractivity (Wildman–Crippen MR) is 108 cm³/mol. The van der Waals surface area contributed by atoms with Gasteiger partial charge in [-0.1, -0.05) is 31.5 Å². The van der Waals surface area contributed by atoms with Crippen molar-refractivity contribution in [3.63, 3.8) is 0 Å². The number of nitrogens with one attached hydrogen (secondary N) is 1. The number of halogens is 1. The second-order valence-corrected chi connectivity index (χ2v) is 7.70. The summed E-state index contributed by atoms with van der Waals surface area (Å²) in [5, 5.41) is 2.68. The van der Waals surface area contributed by atoms with E-state index in [1.807, 2.05) is 31.2 Å². The van der Waals surface area contributed by atoms with Crippen molar-refractivity contribution in [3.05, 3.63) is 59.4 Å². The quantitative estimate of drug-likeness (QED) is 0.756. The lowest BCUT2D eigenvalue weighted by molar-refractivity contribution is -0.116. The average Bonchev–Trinajstić information content (AvgIpc) is 3.04. The van der Waals surface area contributed by atoms with Crippen LogP contribution in [0.25, 0.3) is 0 Å². The number of carbonyl (C=O) groups excluding carboxylic acids is 2. The average molecular weight is 386 g/mol. The van der Waals surface area contributed by atoms with Gasteiger partial charge in [0.1, 0.15) is 11.2 Å². The van der Waals surface area contributed by atoms with Crippen molar-refractivity contribution in [3.8, 4) is 0 Å². The largest absolute Gasteiger partial charge is 0.326 e. The highest BCUT2D eigenvalue weighted by atomic mass is 32.2. The molecule has 0 spiro atoms. The maximum Gasteiger partial charge on any atom is 0.238 e. The van der Waals surface area contributed by atoms with Gasteiger partial charge in [-0.25, -0.2) is 4.39 Å². The lowest BCUT2D eigenvalue weighted by Crippen LogP contribution is -2.28. The third-order valence-corrected chi connectivity index (χ3v) is 5.75. The van der Waals surface area contributed by atoms with Crippen LogP contribution >= 0.6 is 11.8 Å². The summed E-state index contributed by atoms with van der Waals surface area (Å²) in [7, 11) is 0. The summed E-state index contributed by atoms with van der Waals surface area (Å²) in [5.41, 5.74) is 2.80. The number of aryl methyl sites for hydroxylation is 1. The second kappa shape index (κ2) is 8.57. The van der Waals surface area contributed by atoms with Crippen LogP contribution in [0.15, 0.2) is 42.5 Å². The molecule has 27 heavy (non-hydrogen) atoms. The van der Waals surface area contributed by atoms with Crippen molar-refractivity contribution in [1.82, 2.24) is 0 Å². The Hall–Kier alpha value is -2.34. The Kier molecular flexibility index (Phi) is 6.16. The molecule has 1 aliphatic rings. The molecule has 0 radical (unpaired) electrons. The van der Waals surface area contributed by atoms with Crippen LogP contribution in [0.1, 0.15) is 42.7 Å². The molecule has 0 saturated carbocycles. The highest BCUT2D eigenvalue weighted by molar-refractivity contribution is 8.00. The van der Waals surface area contributed by atoms with E-state index in [2.05, 4.69) is 5.32 Å². The molecule has 0 bridgehead atoms. The number of benzene rings is 2. The van der Waals surface area contributed by atoms with Crippen LogP contribution in [0.2, 0.25) is 0 Å². The molecule has 1 unspecified atom stereocenters. The summed E-state index contributed by atoms with van der Waals surface area (Å²) >= 11 is 1.51. The van der Waals surface area contributed by atoms with Crippen molar-refractivity contribution < 1.29 is 14.0 Å². The Morgan fingerprint density at radius 1 is 1.26 bits per heavy atom. The van der Waals surface area contributed by atoms with Gasteiger partial charge in [-0.2, -0.15) is 0 Å². The Morgan fingerprint density at radius 3 is 2.67 bits per heavy atom. The Bertz CT molecular complexity index is 839. The minimum Gasteiger partial charge on any atom is -0.326 e. The zero-order valence-electron chi connectivity index (χ0n) is 15.5. The van der Waals surface area contributed by atoms with E-state index < -0.39 is 0 Å². The molecule has 1 N–H and O–H groups in total. The Balaban J connectivity index is 1.77. The molecule has 1 saturated heterocycles. The molecule has 1 atom stereocenters. The number of unbranched alkanes of at least 4 members (excludes halogenated alkanes) is 1. The van der Waals surface area contributed by atoms with Gasteiger partial charge in [0, 0.05) is 17.8 Å². The summed E-state index contributed by atoms with van der Waals surface area (Å²) in [4.78, 5) is 25.9. The van der Waals surface area contributed by atoms with Gasteiger partial charge in [-0.3, -0.25) is 14.5 Å². The second-order valence-electron chi connectivity index (χ2n) is 6.63. The van der Waals surface area contributed by atoms with Crippen LogP contribution < -0.4 is 10.2 Å². The molecule has 0 aliphatic carbocycles. The van der Waals surface area contributed by atoms with Gasteiger partial charge in [0.15, 0.2) is 0 Å². The smallest absolute Gasteiger partial charge is 0.238 e. The van der Waals surface area contributed by atoms with E-state index in [1.54, 1.807) is 24.0 Å². The van der Waals surface area contributed by atoms with Gasteiger partial charge in [0.25, 0.3) is 0 Å². The number of amides is 2. The molecule has 4 nitrogen and oxygen atoms in total. The van der Waals surface area contributed by atoms with Crippen molar-refractivity contribution in [2.45, 2.75) is 38.5 Å². The fourth-order valence-corrected chi connectivity index (χ4v) is 4.15. The number of carbonyl (C=O) groups is 2. The van der Waals surface area contributed by atoms with Crippen molar-refractivity contribution in [2.75, 3.05) is 16.0 Å². The molecule has 142 valence electrons. The van der Waals surface area contributed by atoms with Crippen LogP contribution in [-0.4, -0.2) is 17.6 Å². The Morgan fingerprint density at radius 2 is 2.00 bits per heavy atom. The molecular formula is C21H23FN2O2S. The van der Waals surface area contributed by atoms with Crippen LogP contribution in [0.4, 0.5) is 15.8 Å². The van der Waals surface area contributed by atoms with E-state index in [1.165, 1.54) is 17.8 Å². The fourth-order valence-electron chi connectivity index (χ4n) is 2.97. The number of rotatable bonds is 6. The van der Waals surface area contributed by atoms with Crippen LogP contribution in [0.5, 0.6) is 0 Å². The minimum atomic E-state index is -0.318. The van der Waals surface area contributed by atoms with E-state index >= 15 is 0 Å². The predicted octanol–water partition coefficient (Wildman–Crippen LogP) is 5.04. The first-order valence-corrected chi connectivity index (χ1v) is 10.1. The summed E-state index contributed by atoms with van der Waals surface area (Å²) < 4.78 is 14.0. The van der Waals surface area contributed by atoms with Gasteiger partial charge in [-0.05, 0) is 48.7 Å². The van der Waals surface area contributed by atoms with Gasteiger partial charge in [-0.15, -0.1) is 11.8 Å². The summed E-state index contributed by atoms with van der Waals surface area (Å²) in [6.45, 7) is 3.75. The van der Waals surface area contributed by atoms with E-state index in [4.69, 9.17) is 0 Å². The molecule has 2 aromatic carbocycles. The molecule has 2 amide bonds. The number of thioether (sulfide) groups is 1. The van der Waals surface area contributed by atoms with E-state index in [0.29, 0.717) is 23.4 Å². The summed E-state index contributed by atoms with van der Waals surface area (Å²) in [6.07, 6.45) is 2.36. The highest BCUT2D eigenvalue weighted by Crippen LogP contribution is 2.42. The molecule has 1 fully saturated rings. The van der Waals surface area contributed by atoms with Gasteiger partial charge < -0.3 is 5.32 Å². The topological polar surface area (TPSA) is 49.4 Å². The van der Waals surface area contributed by atoms with Crippen molar-refractivity contribution in [2.24, 2.45) is 0 Å². The van der Waals surface area contributed by atoms with E-state index in [9.17, 15) is 14.0 Å². The summed E-state index contributed by atoms with van der Waals surface area (Å²) in [6, 6.07) is 12.4. The molecule has 6 heteroatoms. The number of nitrogens with zero attached hydrogens (tertiary/aromatic N) is 1. The molecule has 3 rings (SSSR count). The third-order valence-electron chi connectivity index (χ3n) is 4.54. The number of hydrogen-bond acceptors (Lipinski definition) is 3. The maximum absolute atomic E-state index is 14.0.